The molecule has 0 saturated heterocycles. The van der Waals surface area contributed by atoms with Gasteiger partial charge in [-0.1, -0.05) is 0 Å². The molecule has 3 heterocycles. The average Bonchev–Trinajstić information content (AvgIpc) is 3.10. The summed E-state index contributed by atoms with van der Waals surface area (Å²) in [7, 11) is 1.74. The van der Waals surface area contributed by atoms with Gasteiger partial charge in [-0.25, -0.2) is 4.98 Å². The van der Waals surface area contributed by atoms with Gasteiger partial charge in [-0.3, -0.25) is 20.4 Å². The van der Waals surface area contributed by atoms with Gasteiger partial charge in [0.2, 0.25) is 11.9 Å². The molecule has 0 saturated carbocycles. The van der Waals surface area contributed by atoms with Gasteiger partial charge in [-0.05, 0) is 35.8 Å². The molecule has 0 radical (unpaired) electrons. The predicted molar refractivity (Wildman–Crippen MR) is 97.1 cm³/mol. The predicted octanol–water partition coefficient (Wildman–Crippen LogP) is 0.428. The molecule has 2 amide bonds. The summed E-state index contributed by atoms with van der Waals surface area (Å²) in [6.07, 6.45) is 1.77. The lowest BCUT2D eigenvalue weighted by molar-refractivity contribution is -0.121. The molecule has 0 fully saturated rings. The minimum atomic E-state index is -0.419. The Morgan fingerprint density at radius 1 is 1.27 bits per heavy atom. The van der Waals surface area contributed by atoms with Gasteiger partial charge in [0, 0.05) is 34.7 Å². The second-order valence-corrected chi connectivity index (χ2v) is 6.69. The quantitative estimate of drug-likeness (QED) is 0.526. The van der Waals surface area contributed by atoms with Crippen LogP contribution in [0.4, 0.5) is 5.95 Å². The second-order valence-electron chi connectivity index (χ2n) is 5.78. The molecule has 0 aromatic carbocycles. The van der Waals surface area contributed by atoms with Crippen molar-refractivity contribution in [1.82, 2.24) is 35.0 Å². The van der Waals surface area contributed by atoms with Crippen molar-refractivity contribution in [1.29, 1.82) is 0 Å². The van der Waals surface area contributed by atoms with Crippen LogP contribution in [0, 0.1) is 13.8 Å². The van der Waals surface area contributed by atoms with Crippen molar-refractivity contribution in [2.45, 2.75) is 20.3 Å². The standard InChI is InChI=1S/C15H17BrN8O2/c1-7-10(8(2)24-15(18-7)19-14(17)22-24)5-12(25)20-21-13(26)11-4-9(16)6-23(11)3/h4,6H,5H2,1-3H3,(H2,17,22)(H,20,25)(H,21,26). The Morgan fingerprint density at radius 3 is 2.65 bits per heavy atom. The number of anilines is 1. The fourth-order valence-corrected chi connectivity index (χ4v) is 3.15. The molecule has 0 spiro atoms. The number of halogens is 1. The van der Waals surface area contributed by atoms with E-state index >= 15 is 0 Å². The molecular weight excluding hydrogens is 404 g/mol. The van der Waals surface area contributed by atoms with Crippen LogP contribution in [-0.4, -0.2) is 36.0 Å². The molecule has 136 valence electrons. The van der Waals surface area contributed by atoms with Crippen LogP contribution in [0.5, 0.6) is 0 Å². The number of carbonyl (C=O) groups excluding carboxylic acids is 2. The van der Waals surface area contributed by atoms with E-state index in [2.05, 4.69) is 41.8 Å². The van der Waals surface area contributed by atoms with Crippen molar-refractivity contribution in [3.05, 3.63) is 39.4 Å². The number of aryl methyl sites for hydroxylation is 3. The maximum absolute atomic E-state index is 12.2. The molecule has 11 heteroatoms. The molecule has 3 aromatic heterocycles. The van der Waals surface area contributed by atoms with Gasteiger partial charge in [0.1, 0.15) is 5.69 Å². The number of nitrogen functional groups attached to an aromatic ring is 1. The van der Waals surface area contributed by atoms with E-state index in [1.165, 1.54) is 4.52 Å². The molecule has 10 nitrogen and oxygen atoms in total. The first-order valence-corrected chi connectivity index (χ1v) is 8.45. The number of hydrogen-bond donors (Lipinski definition) is 3. The lowest BCUT2D eigenvalue weighted by atomic mass is 10.1. The number of hydrazine groups is 1. The molecule has 3 rings (SSSR count). The van der Waals surface area contributed by atoms with E-state index in [0.29, 0.717) is 28.4 Å². The third-order valence-corrected chi connectivity index (χ3v) is 4.36. The average molecular weight is 421 g/mol. The Balaban J connectivity index is 1.71. The lowest BCUT2D eigenvalue weighted by Gasteiger charge is -2.11. The number of amides is 2. The monoisotopic (exact) mass is 420 g/mol. The van der Waals surface area contributed by atoms with Gasteiger partial charge in [-0.2, -0.15) is 9.50 Å². The number of hydrogen-bond acceptors (Lipinski definition) is 6. The minimum Gasteiger partial charge on any atom is -0.366 e. The molecule has 0 atom stereocenters. The van der Waals surface area contributed by atoms with Crippen LogP contribution in [0.1, 0.15) is 27.4 Å². The second kappa shape index (κ2) is 6.75. The van der Waals surface area contributed by atoms with Crippen molar-refractivity contribution in [3.63, 3.8) is 0 Å². The van der Waals surface area contributed by atoms with Gasteiger partial charge in [0.15, 0.2) is 0 Å². The highest BCUT2D eigenvalue weighted by atomic mass is 79.9. The van der Waals surface area contributed by atoms with Crippen LogP contribution in [-0.2, 0) is 18.3 Å². The van der Waals surface area contributed by atoms with E-state index < -0.39 is 5.91 Å². The Morgan fingerprint density at radius 2 is 2.00 bits per heavy atom. The van der Waals surface area contributed by atoms with Crippen molar-refractivity contribution >= 4 is 39.5 Å². The van der Waals surface area contributed by atoms with Crippen molar-refractivity contribution in [3.8, 4) is 0 Å². The third-order valence-electron chi connectivity index (χ3n) is 3.92. The largest absolute Gasteiger partial charge is 0.366 e. The fraction of sp³-hybridized carbons (Fsp3) is 0.267. The van der Waals surface area contributed by atoms with Crippen LogP contribution in [0.3, 0.4) is 0 Å². The van der Waals surface area contributed by atoms with Crippen LogP contribution in [0.15, 0.2) is 16.7 Å². The Bertz CT molecular complexity index is 1020. The number of carbonyl (C=O) groups is 2. The summed E-state index contributed by atoms with van der Waals surface area (Å²) in [6.45, 7) is 3.58. The van der Waals surface area contributed by atoms with Crippen LogP contribution in [0.2, 0.25) is 0 Å². The first-order chi connectivity index (χ1) is 12.3. The van der Waals surface area contributed by atoms with E-state index in [-0.39, 0.29) is 18.3 Å². The third kappa shape index (κ3) is 3.38. The lowest BCUT2D eigenvalue weighted by Crippen LogP contribution is -2.43. The summed E-state index contributed by atoms with van der Waals surface area (Å²) in [6, 6.07) is 1.66. The number of nitrogens with two attached hydrogens (primary N) is 1. The van der Waals surface area contributed by atoms with Gasteiger partial charge in [0.25, 0.3) is 11.7 Å². The summed E-state index contributed by atoms with van der Waals surface area (Å²) >= 11 is 3.30. The van der Waals surface area contributed by atoms with E-state index in [1.54, 1.807) is 37.7 Å². The maximum atomic E-state index is 12.2. The summed E-state index contributed by atoms with van der Waals surface area (Å²) in [5.74, 6) is -0.309. The highest BCUT2D eigenvalue weighted by molar-refractivity contribution is 9.10. The Kier molecular flexibility index (Phi) is 4.64. The molecule has 0 aliphatic rings. The molecular formula is C15H17BrN8O2. The van der Waals surface area contributed by atoms with E-state index in [4.69, 9.17) is 5.73 Å². The van der Waals surface area contributed by atoms with Crippen molar-refractivity contribution < 1.29 is 9.59 Å². The number of fused-ring (bicyclic) bond motifs is 1. The summed E-state index contributed by atoms with van der Waals surface area (Å²) < 4.78 is 3.91. The zero-order valence-electron chi connectivity index (χ0n) is 14.4. The van der Waals surface area contributed by atoms with Gasteiger partial charge in [0.05, 0.1) is 6.42 Å². The number of aromatic nitrogens is 5. The van der Waals surface area contributed by atoms with E-state index in [1.807, 2.05) is 0 Å². The molecule has 3 aromatic rings. The summed E-state index contributed by atoms with van der Waals surface area (Å²) in [5.41, 5.74) is 12.9. The van der Waals surface area contributed by atoms with E-state index in [0.717, 1.165) is 4.47 Å². The first kappa shape index (κ1) is 17.9. The van der Waals surface area contributed by atoms with Gasteiger partial charge < -0.3 is 10.3 Å². The molecule has 0 bridgehead atoms. The van der Waals surface area contributed by atoms with E-state index in [9.17, 15) is 9.59 Å². The fourth-order valence-electron chi connectivity index (χ4n) is 2.62. The SMILES string of the molecule is Cc1nc2nc(N)nn2c(C)c1CC(=O)NNC(=O)c1cc(Br)cn1C. The number of nitrogens with zero attached hydrogens (tertiary/aromatic N) is 5. The smallest absolute Gasteiger partial charge is 0.286 e. The molecule has 0 aliphatic heterocycles. The van der Waals surface area contributed by atoms with Crippen LogP contribution >= 0.6 is 15.9 Å². The van der Waals surface area contributed by atoms with Gasteiger partial charge in [-0.15, -0.1) is 5.10 Å². The summed E-state index contributed by atoms with van der Waals surface area (Å²) in [5, 5.41) is 4.06. The maximum Gasteiger partial charge on any atom is 0.286 e. The topological polar surface area (TPSA) is 132 Å². The molecule has 4 N–H and O–H groups in total. The van der Waals surface area contributed by atoms with Crippen LogP contribution in [0.25, 0.3) is 5.78 Å². The molecule has 26 heavy (non-hydrogen) atoms. The summed E-state index contributed by atoms with van der Waals surface area (Å²) in [4.78, 5) is 32.7. The molecule has 0 aliphatic carbocycles. The Labute approximate surface area is 156 Å². The highest BCUT2D eigenvalue weighted by Gasteiger charge is 2.17. The van der Waals surface area contributed by atoms with Crippen LogP contribution < -0.4 is 16.6 Å². The minimum absolute atomic E-state index is 0.0253. The van der Waals surface area contributed by atoms with Gasteiger partial charge >= 0.3 is 0 Å². The molecule has 0 unspecified atom stereocenters. The van der Waals surface area contributed by atoms with Crippen molar-refractivity contribution in [2.24, 2.45) is 7.05 Å². The zero-order chi connectivity index (χ0) is 19.0. The highest BCUT2D eigenvalue weighted by Crippen LogP contribution is 2.15. The number of rotatable bonds is 3. The number of nitrogens with one attached hydrogen (secondary N) is 2. The first-order valence-electron chi connectivity index (χ1n) is 7.65. The zero-order valence-corrected chi connectivity index (χ0v) is 16.0. The van der Waals surface area contributed by atoms with Crippen molar-refractivity contribution in [2.75, 3.05) is 5.73 Å². The normalized spacial score (nSPS) is 10.9. The Hall–Kier alpha value is -2.95.